The van der Waals surface area contributed by atoms with E-state index in [1.165, 1.54) is 5.69 Å². The predicted octanol–water partition coefficient (Wildman–Crippen LogP) is 4.45. The summed E-state index contributed by atoms with van der Waals surface area (Å²) in [7, 11) is 0. The quantitative estimate of drug-likeness (QED) is 0.699. The van der Waals surface area contributed by atoms with Crippen molar-refractivity contribution in [1.82, 2.24) is 10.3 Å². The van der Waals surface area contributed by atoms with Crippen LogP contribution >= 0.6 is 0 Å². The van der Waals surface area contributed by atoms with E-state index >= 15 is 0 Å². The first kappa shape index (κ1) is 19.8. The van der Waals surface area contributed by atoms with Crippen molar-refractivity contribution in [2.75, 3.05) is 29.9 Å². The van der Waals surface area contributed by atoms with Gasteiger partial charge in [-0.3, -0.25) is 4.79 Å². The molecule has 0 saturated heterocycles. The number of rotatable bonds is 9. The zero-order chi connectivity index (χ0) is 18.9. The second-order valence-electron chi connectivity index (χ2n) is 6.71. The fourth-order valence-corrected chi connectivity index (χ4v) is 2.68. The van der Waals surface area contributed by atoms with E-state index in [-0.39, 0.29) is 5.91 Å². The van der Waals surface area contributed by atoms with E-state index in [0.717, 1.165) is 30.9 Å². The number of nitrogens with zero attached hydrogens (tertiary/aromatic N) is 2. The van der Waals surface area contributed by atoms with Gasteiger partial charge in [-0.2, -0.15) is 0 Å². The minimum Gasteiger partial charge on any atom is -0.372 e. The Morgan fingerprint density at radius 2 is 1.69 bits per heavy atom. The average molecular weight is 354 g/mol. The van der Waals surface area contributed by atoms with Crippen LogP contribution < -0.4 is 15.5 Å². The van der Waals surface area contributed by atoms with Crippen molar-refractivity contribution in [3.8, 4) is 0 Å². The summed E-state index contributed by atoms with van der Waals surface area (Å²) in [6, 6.07) is 12.0. The molecule has 0 spiro atoms. The van der Waals surface area contributed by atoms with Gasteiger partial charge in [0.25, 0.3) is 5.91 Å². The molecule has 0 atom stereocenters. The number of amides is 1. The molecule has 0 aliphatic rings. The highest BCUT2D eigenvalue weighted by Crippen LogP contribution is 2.21. The number of aromatic nitrogens is 1. The van der Waals surface area contributed by atoms with Gasteiger partial charge in [0.15, 0.2) is 0 Å². The van der Waals surface area contributed by atoms with E-state index in [4.69, 9.17) is 0 Å². The molecule has 0 aliphatic heterocycles. The standard InChI is InChI=1S/C21H30N4O/c1-5-25(6-2)19-10-7-17(8-11-19)24-18-9-12-20(23-15-18)21(26)22-14-13-16(3)4/h7-12,15-16,24H,5-6,13-14H2,1-4H3,(H,22,26). The molecule has 5 nitrogen and oxygen atoms in total. The van der Waals surface area contributed by atoms with Crippen LogP contribution in [0.15, 0.2) is 42.6 Å². The number of carbonyl (C=O) groups excluding carboxylic acids is 1. The Kier molecular flexibility index (Phi) is 7.45. The van der Waals surface area contributed by atoms with Crippen LogP contribution in [0.2, 0.25) is 0 Å². The molecule has 2 N–H and O–H groups in total. The molecule has 0 unspecified atom stereocenters. The highest BCUT2D eigenvalue weighted by atomic mass is 16.1. The fourth-order valence-electron chi connectivity index (χ4n) is 2.68. The molecular formula is C21H30N4O. The number of anilines is 3. The Balaban J connectivity index is 1.93. The fraction of sp³-hybridized carbons (Fsp3) is 0.429. The van der Waals surface area contributed by atoms with E-state index in [0.29, 0.717) is 18.2 Å². The Morgan fingerprint density at radius 1 is 1.04 bits per heavy atom. The maximum Gasteiger partial charge on any atom is 0.269 e. The zero-order valence-corrected chi connectivity index (χ0v) is 16.2. The lowest BCUT2D eigenvalue weighted by atomic mass is 10.1. The van der Waals surface area contributed by atoms with Crippen LogP contribution in [0.5, 0.6) is 0 Å². The van der Waals surface area contributed by atoms with Gasteiger partial charge in [-0.15, -0.1) is 0 Å². The van der Waals surface area contributed by atoms with Crippen molar-refractivity contribution in [3.63, 3.8) is 0 Å². The van der Waals surface area contributed by atoms with Crippen LogP contribution in [0.4, 0.5) is 17.1 Å². The van der Waals surface area contributed by atoms with E-state index < -0.39 is 0 Å². The summed E-state index contributed by atoms with van der Waals surface area (Å²) < 4.78 is 0. The lowest BCUT2D eigenvalue weighted by Gasteiger charge is -2.21. The summed E-state index contributed by atoms with van der Waals surface area (Å²) in [5.41, 5.74) is 3.51. The topological polar surface area (TPSA) is 57.3 Å². The third kappa shape index (κ3) is 5.76. The number of benzene rings is 1. The molecule has 5 heteroatoms. The Morgan fingerprint density at radius 3 is 2.23 bits per heavy atom. The van der Waals surface area contributed by atoms with Crippen LogP contribution in [0.3, 0.4) is 0 Å². The van der Waals surface area contributed by atoms with Gasteiger partial charge in [0, 0.05) is 31.0 Å². The molecule has 0 bridgehead atoms. The van der Waals surface area contributed by atoms with Crippen molar-refractivity contribution in [2.45, 2.75) is 34.1 Å². The van der Waals surface area contributed by atoms with Gasteiger partial charge in [-0.1, -0.05) is 13.8 Å². The Labute approximate surface area is 156 Å². The van der Waals surface area contributed by atoms with Crippen molar-refractivity contribution < 1.29 is 4.79 Å². The molecule has 1 aromatic carbocycles. The summed E-state index contributed by atoms with van der Waals surface area (Å²) in [6.07, 6.45) is 2.66. The van der Waals surface area contributed by atoms with Gasteiger partial charge in [-0.05, 0) is 62.6 Å². The largest absolute Gasteiger partial charge is 0.372 e. The van der Waals surface area contributed by atoms with Crippen LogP contribution in [-0.4, -0.2) is 30.5 Å². The number of pyridine rings is 1. The first-order valence-corrected chi connectivity index (χ1v) is 9.39. The summed E-state index contributed by atoms with van der Waals surface area (Å²) in [4.78, 5) is 18.6. The number of carbonyl (C=O) groups is 1. The monoisotopic (exact) mass is 354 g/mol. The molecule has 0 aliphatic carbocycles. The second-order valence-corrected chi connectivity index (χ2v) is 6.71. The van der Waals surface area contributed by atoms with Gasteiger partial charge in [-0.25, -0.2) is 4.98 Å². The van der Waals surface area contributed by atoms with E-state index in [2.05, 4.69) is 72.5 Å². The van der Waals surface area contributed by atoms with Crippen molar-refractivity contribution in [1.29, 1.82) is 0 Å². The minimum atomic E-state index is -0.124. The highest BCUT2D eigenvalue weighted by Gasteiger charge is 2.07. The highest BCUT2D eigenvalue weighted by molar-refractivity contribution is 5.92. The van der Waals surface area contributed by atoms with E-state index in [9.17, 15) is 4.79 Å². The molecule has 140 valence electrons. The number of hydrogen-bond donors (Lipinski definition) is 2. The molecule has 0 fully saturated rings. The lowest BCUT2D eigenvalue weighted by molar-refractivity contribution is 0.0947. The maximum absolute atomic E-state index is 12.1. The molecular weight excluding hydrogens is 324 g/mol. The summed E-state index contributed by atoms with van der Waals surface area (Å²) in [6.45, 7) is 11.3. The normalized spacial score (nSPS) is 10.7. The van der Waals surface area contributed by atoms with Crippen LogP contribution in [0.25, 0.3) is 0 Å². The van der Waals surface area contributed by atoms with Crippen molar-refractivity contribution in [2.24, 2.45) is 5.92 Å². The van der Waals surface area contributed by atoms with Crippen LogP contribution in [0.1, 0.15) is 44.6 Å². The lowest BCUT2D eigenvalue weighted by Crippen LogP contribution is -2.26. The first-order valence-electron chi connectivity index (χ1n) is 9.39. The Hall–Kier alpha value is -2.56. The molecule has 1 heterocycles. The molecule has 0 saturated carbocycles. The Bertz CT molecular complexity index is 676. The SMILES string of the molecule is CCN(CC)c1ccc(Nc2ccc(C(=O)NCCC(C)C)nc2)cc1. The van der Waals surface area contributed by atoms with Gasteiger partial charge >= 0.3 is 0 Å². The molecule has 0 radical (unpaired) electrons. The van der Waals surface area contributed by atoms with Gasteiger partial charge in [0.2, 0.25) is 0 Å². The van der Waals surface area contributed by atoms with Gasteiger partial charge < -0.3 is 15.5 Å². The molecule has 1 amide bonds. The molecule has 1 aromatic heterocycles. The van der Waals surface area contributed by atoms with Crippen LogP contribution in [-0.2, 0) is 0 Å². The summed E-state index contributed by atoms with van der Waals surface area (Å²) >= 11 is 0. The van der Waals surface area contributed by atoms with E-state index in [1.54, 1.807) is 12.3 Å². The zero-order valence-electron chi connectivity index (χ0n) is 16.2. The third-order valence-corrected chi connectivity index (χ3v) is 4.29. The number of hydrogen-bond acceptors (Lipinski definition) is 4. The molecule has 2 rings (SSSR count). The van der Waals surface area contributed by atoms with Crippen molar-refractivity contribution in [3.05, 3.63) is 48.3 Å². The maximum atomic E-state index is 12.1. The minimum absolute atomic E-state index is 0.124. The predicted molar refractivity (Wildman–Crippen MR) is 109 cm³/mol. The average Bonchev–Trinajstić information content (AvgIpc) is 2.64. The van der Waals surface area contributed by atoms with Gasteiger partial charge in [0.1, 0.15) is 5.69 Å². The number of nitrogens with one attached hydrogen (secondary N) is 2. The van der Waals surface area contributed by atoms with Crippen molar-refractivity contribution >= 4 is 23.0 Å². The van der Waals surface area contributed by atoms with Gasteiger partial charge in [0.05, 0.1) is 11.9 Å². The smallest absolute Gasteiger partial charge is 0.269 e. The van der Waals surface area contributed by atoms with Crippen LogP contribution in [0, 0.1) is 5.92 Å². The summed E-state index contributed by atoms with van der Waals surface area (Å²) in [5.74, 6) is 0.448. The first-order chi connectivity index (χ1) is 12.5. The summed E-state index contributed by atoms with van der Waals surface area (Å²) in [5, 5.41) is 6.22. The van der Waals surface area contributed by atoms with E-state index in [1.807, 2.05) is 6.07 Å². The third-order valence-electron chi connectivity index (χ3n) is 4.29. The second kappa shape index (κ2) is 9.80. The molecule has 2 aromatic rings. The molecule has 26 heavy (non-hydrogen) atoms.